The Hall–Kier alpha value is -2.36. The normalized spacial score (nSPS) is 20.1. The van der Waals surface area contributed by atoms with Crippen LogP contribution in [0.2, 0.25) is 0 Å². The third-order valence-electron chi connectivity index (χ3n) is 5.13. The number of amides is 1. The molecule has 2 aromatic rings. The van der Waals surface area contributed by atoms with Crippen molar-refractivity contribution in [3.05, 3.63) is 53.9 Å². The van der Waals surface area contributed by atoms with E-state index in [0.717, 1.165) is 37.4 Å². The molecule has 2 aliphatic rings. The number of anilines is 2. The fourth-order valence-electron chi connectivity index (χ4n) is 3.85. The number of pyridine rings is 1. The van der Waals surface area contributed by atoms with Crippen molar-refractivity contribution in [2.45, 2.75) is 26.2 Å². The number of carbonyl (C=O) groups is 1. The lowest BCUT2D eigenvalue weighted by molar-refractivity contribution is 0.0989. The number of benzene rings is 1. The number of hydrogen-bond acceptors (Lipinski definition) is 3. The smallest absolute Gasteiger partial charge is 0.259 e. The maximum absolute atomic E-state index is 13.0. The number of nitrogens with zero attached hydrogens (tertiary/aromatic N) is 3. The second kappa shape index (κ2) is 6.27. The summed E-state index contributed by atoms with van der Waals surface area (Å²) < 4.78 is 0. The van der Waals surface area contributed by atoms with Gasteiger partial charge in [-0.2, -0.15) is 0 Å². The van der Waals surface area contributed by atoms with Crippen LogP contribution in [0.5, 0.6) is 0 Å². The van der Waals surface area contributed by atoms with E-state index in [1.165, 1.54) is 18.4 Å². The molecule has 24 heavy (non-hydrogen) atoms. The first kappa shape index (κ1) is 15.2. The number of para-hydroxylation sites is 1. The quantitative estimate of drug-likeness (QED) is 0.849. The zero-order chi connectivity index (χ0) is 16.5. The molecule has 0 saturated carbocycles. The molecule has 1 amide bonds. The Morgan fingerprint density at radius 1 is 1.21 bits per heavy atom. The Morgan fingerprint density at radius 2 is 2.08 bits per heavy atom. The summed E-state index contributed by atoms with van der Waals surface area (Å²) in [4.78, 5) is 21.6. The summed E-state index contributed by atoms with van der Waals surface area (Å²) in [6.07, 6.45) is 7.00. The summed E-state index contributed by atoms with van der Waals surface area (Å²) in [6, 6.07) is 10.2. The Morgan fingerprint density at radius 3 is 2.96 bits per heavy atom. The monoisotopic (exact) mass is 321 g/mol. The molecular formula is C20H23N3O. The molecule has 1 fully saturated rings. The van der Waals surface area contributed by atoms with Crippen LogP contribution in [0.15, 0.2) is 42.7 Å². The van der Waals surface area contributed by atoms with Crippen LogP contribution in [-0.4, -0.2) is 30.5 Å². The van der Waals surface area contributed by atoms with E-state index >= 15 is 0 Å². The van der Waals surface area contributed by atoms with Crippen LogP contribution in [0, 0.1) is 5.92 Å². The first-order chi connectivity index (χ1) is 11.7. The van der Waals surface area contributed by atoms with Gasteiger partial charge in [0.05, 0.1) is 17.4 Å². The molecule has 1 aromatic carbocycles. The van der Waals surface area contributed by atoms with Crippen molar-refractivity contribution in [3.8, 4) is 0 Å². The molecule has 4 heteroatoms. The minimum atomic E-state index is 0.0550. The van der Waals surface area contributed by atoms with E-state index < -0.39 is 0 Å². The molecule has 3 heterocycles. The van der Waals surface area contributed by atoms with Crippen LogP contribution in [0.1, 0.15) is 35.7 Å². The molecule has 1 saturated heterocycles. The minimum absolute atomic E-state index is 0.0550. The largest absolute Gasteiger partial charge is 0.370 e. The third-order valence-corrected chi connectivity index (χ3v) is 5.13. The van der Waals surface area contributed by atoms with Crippen molar-refractivity contribution in [3.63, 3.8) is 0 Å². The summed E-state index contributed by atoms with van der Waals surface area (Å²) in [5.74, 6) is 0.753. The fraction of sp³-hybridized carbons (Fsp3) is 0.400. The summed E-state index contributed by atoms with van der Waals surface area (Å²) in [5, 5.41) is 0. The summed E-state index contributed by atoms with van der Waals surface area (Å²) in [7, 11) is 0. The summed E-state index contributed by atoms with van der Waals surface area (Å²) in [5.41, 5.74) is 4.04. The number of carbonyl (C=O) groups excluding carboxylic acids is 1. The molecule has 0 aliphatic carbocycles. The van der Waals surface area contributed by atoms with E-state index in [4.69, 9.17) is 0 Å². The first-order valence-electron chi connectivity index (χ1n) is 8.82. The van der Waals surface area contributed by atoms with Gasteiger partial charge in [-0.15, -0.1) is 0 Å². The Kier molecular flexibility index (Phi) is 3.97. The van der Waals surface area contributed by atoms with Crippen molar-refractivity contribution in [1.82, 2.24) is 4.98 Å². The minimum Gasteiger partial charge on any atom is -0.370 e. The molecular weight excluding hydrogens is 298 g/mol. The summed E-state index contributed by atoms with van der Waals surface area (Å²) >= 11 is 0. The lowest BCUT2D eigenvalue weighted by Gasteiger charge is -2.32. The zero-order valence-corrected chi connectivity index (χ0v) is 14.1. The fourth-order valence-corrected chi connectivity index (χ4v) is 3.85. The van der Waals surface area contributed by atoms with Crippen molar-refractivity contribution >= 4 is 17.3 Å². The first-order valence-corrected chi connectivity index (χ1v) is 8.82. The van der Waals surface area contributed by atoms with Crippen molar-refractivity contribution in [2.24, 2.45) is 5.92 Å². The van der Waals surface area contributed by atoms with Gasteiger partial charge in [0.1, 0.15) is 0 Å². The van der Waals surface area contributed by atoms with Gasteiger partial charge < -0.3 is 9.80 Å². The van der Waals surface area contributed by atoms with Crippen molar-refractivity contribution in [1.29, 1.82) is 0 Å². The Labute approximate surface area is 143 Å². The predicted octanol–water partition coefficient (Wildman–Crippen LogP) is 3.52. The zero-order valence-electron chi connectivity index (χ0n) is 14.1. The maximum Gasteiger partial charge on any atom is 0.259 e. The molecule has 124 valence electrons. The topological polar surface area (TPSA) is 36.4 Å². The van der Waals surface area contributed by atoms with Crippen molar-refractivity contribution < 1.29 is 4.79 Å². The molecule has 2 aliphatic heterocycles. The van der Waals surface area contributed by atoms with Gasteiger partial charge in [0, 0.05) is 31.5 Å². The highest BCUT2D eigenvalue weighted by molar-refractivity contribution is 6.07. The highest BCUT2D eigenvalue weighted by Crippen LogP contribution is 2.29. The van der Waals surface area contributed by atoms with Crippen molar-refractivity contribution in [2.75, 3.05) is 29.4 Å². The van der Waals surface area contributed by atoms with E-state index in [0.29, 0.717) is 11.5 Å². The molecule has 0 radical (unpaired) electrons. The van der Waals surface area contributed by atoms with Gasteiger partial charge in [0.15, 0.2) is 0 Å². The van der Waals surface area contributed by atoms with E-state index in [1.807, 2.05) is 35.4 Å². The van der Waals surface area contributed by atoms with Gasteiger partial charge in [-0.1, -0.05) is 25.1 Å². The maximum atomic E-state index is 13.0. The molecule has 1 aromatic heterocycles. The Bertz CT molecular complexity index is 758. The standard InChI is InChI=1S/C20H23N3O/c1-15-5-4-9-22(14-15)18-11-17(12-21-13-18)20(24)23-10-8-16-6-2-3-7-19(16)23/h2-3,6-7,11-13,15H,4-5,8-10,14H2,1H3. The molecule has 1 atom stereocenters. The molecule has 1 unspecified atom stereocenters. The second-order valence-electron chi connectivity index (χ2n) is 6.96. The van der Waals surface area contributed by atoms with E-state index in [9.17, 15) is 4.79 Å². The highest BCUT2D eigenvalue weighted by atomic mass is 16.2. The average Bonchev–Trinajstić information content (AvgIpc) is 3.05. The highest BCUT2D eigenvalue weighted by Gasteiger charge is 2.26. The van der Waals surface area contributed by atoms with Gasteiger partial charge in [-0.05, 0) is 42.9 Å². The number of fused-ring (bicyclic) bond motifs is 1. The second-order valence-corrected chi connectivity index (χ2v) is 6.96. The van der Waals surface area contributed by atoms with Crippen LogP contribution in [0.25, 0.3) is 0 Å². The summed E-state index contributed by atoms with van der Waals surface area (Å²) in [6.45, 7) is 5.14. The van der Waals surface area contributed by atoms with Crippen LogP contribution in [0.3, 0.4) is 0 Å². The number of hydrogen-bond donors (Lipinski definition) is 0. The van der Waals surface area contributed by atoms with Gasteiger partial charge in [0.25, 0.3) is 5.91 Å². The van der Waals surface area contributed by atoms with E-state index in [2.05, 4.69) is 22.9 Å². The van der Waals surface area contributed by atoms with Crippen LogP contribution >= 0.6 is 0 Å². The lowest BCUT2D eigenvalue weighted by Crippen LogP contribution is -2.34. The van der Waals surface area contributed by atoms with E-state index in [-0.39, 0.29) is 5.91 Å². The van der Waals surface area contributed by atoms with Crippen LogP contribution in [-0.2, 0) is 6.42 Å². The molecule has 0 spiro atoms. The van der Waals surface area contributed by atoms with Gasteiger partial charge in [0.2, 0.25) is 0 Å². The molecule has 4 nitrogen and oxygen atoms in total. The SMILES string of the molecule is CC1CCCN(c2cncc(C(=O)N3CCc4ccccc43)c2)C1. The van der Waals surface area contributed by atoms with E-state index in [1.54, 1.807) is 6.20 Å². The lowest BCUT2D eigenvalue weighted by atomic mass is 10.00. The third kappa shape index (κ3) is 2.77. The molecule has 0 bridgehead atoms. The van der Waals surface area contributed by atoms with Gasteiger partial charge in [-0.3, -0.25) is 9.78 Å². The van der Waals surface area contributed by atoms with Crippen LogP contribution < -0.4 is 9.80 Å². The number of piperidine rings is 1. The number of aromatic nitrogens is 1. The van der Waals surface area contributed by atoms with Gasteiger partial charge in [-0.25, -0.2) is 0 Å². The predicted molar refractivity (Wildman–Crippen MR) is 96.7 cm³/mol. The van der Waals surface area contributed by atoms with Gasteiger partial charge >= 0.3 is 0 Å². The average molecular weight is 321 g/mol. The number of rotatable bonds is 2. The Balaban J connectivity index is 1.59. The molecule has 0 N–H and O–H groups in total. The van der Waals surface area contributed by atoms with Crippen LogP contribution in [0.4, 0.5) is 11.4 Å². The molecule has 4 rings (SSSR count).